The summed E-state index contributed by atoms with van der Waals surface area (Å²) in [5.41, 5.74) is 1.93. The van der Waals surface area contributed by atoms with Crippen LogP contribution in [-0.4, -0.2) is 24.9 Å². The van der Waals surface area contributed by atoms with Crippen LogP contribution < -0.4 is 5.32 Å². The molecule has 116 valence electrons. The fraction of sp³-hybridized carbons (Fsp3) is 0.562. The number of amides is 1. The molecule has 1 aliphatic heterocycles. The monoisotopic (exact) mass is 311 g/mol. The lowest BCUT2D eigenvalue weighted by Gasteiger charge is -2.12. The molecule has 21 heavy (non-hydrogen) atoms. The molecule has 3 nitrogen and oxygen atoms in total. The van der Waals surface area contributed by atoms with E-state index < -0.39 is 0 Å². The van der Waals surface area contributed by atoms with Crippen molar-refractivity contribution in [2.75, 3.05) is 12.9 Å². The van der Waals surface area contributed by atoms with Crippen LogP contribution in [0.15, 0.2) is 18.2 Å². The van der Waals surface area contributed by atoms with Crippen LogP contribution >= 0.6 is 11.8 Å². The summed E-state index contributed by atoms with van der Waals surface area (Å²) in [6.45, 7) is 1.28. The summed E-state index contributed by atoms with van der Waals surface area (Å²) in [5.74, 6) is 0.552. The zero-order chi connectivity index (χ0) is 15.1. The molecule has 0 saturated carbocycles. The molecule has 0 aliphatic carbocycles. The van der Waals surface area contributed by atoms with Gasteiger partial charge in [0.2, 0.25) is 5.91 Å². The van der Waals surface area contributed by atoms with Crippen molar-refractivity contribution in [3.63, 3.8) is 0 Å². The summed E-state index contributed by atoms with van der Waals surface area (Å²) in [7, 11) is 0. The van der Waals surface area contributed by atoms with Gasteiger partial charge in [0.1, 0.15) is 5.82 Å². The van der Waals surface area contributed by atoms with E-state index in [4.69, 9.17) is 4.74 Å². The minimum Gasteiger partial charge on any atom is -0.378 e. The van der Waals surface area contributed by atoms with E-state index in [2.05, 4.69) is 5.32 Å². The first-order valence-electron chi connectivity index (χ1n) is 7.33. The number of carbonyl (C=O) groups is 1. The van der Waals surface area contributed by atoms with Crippen LogP contribution in [-0.2, 0) is 21.8 Å². The van der Waals surface area contributed by atoms with E-state index in [1.807, 2.05) is 6.26 Å². The first-order chi connectivity index (χ1) is 10.2. The van der Waals surface area contributed by atoms with E-state index in [9.17, 15) is 9.18 Å². The van der Waals surface area contributed by atoms with Crippen molar-refractivity contribution in [3.05, 3.63) is 35.1 Å². The molecule has 0 bridgehead atoms. The minimum atomic E-state index is -0.229. The first kappa shape index (κ1) is 16.3. The molecule has 1 heterocycles. The highest BCUT2D eigenvalue weighted by molar-refractivity contribution is 7.97. The fourth-order valence-corrected chi connectivity index (χ4v) is 3.08. The SMILES string of the molecule is CSCc1cc(F)ccc1CNC(=O)CC[C@H]1CCCO1. The molecule has 0 aromatic heterocycles. The van der Waals surface area contributed by atoms with Gasteiger partial charge in [0.05, 0.1) is 6.10 Å². The average Bonchev–Trinajstić information content (AvgIpc) is 2.98. The summed E-state index contributed by atoms with van der Waals surface area (Å²) in [5, 5.41) is 2.91. The number of ether oxygens (including phenoxy) is 1. The second-order valence-corrected chi connectivity index (χ2v) is 6.16. The van der Waals surface area contributed by atoms with Crippen LogP contribution in [0, 0.1) is 5.82 Å². The predicted octanol–water partition coefficient (Wildman–Crippen LogP) is 3.26. The van der Waals surface area contributed by atoms with Gasteiger partial charge in [-0.05, 0) is 48.8 Å². The average molecular weight is 311 g/mol. The third-order valence-corrected chi connectivity index (χ3v) is 4.26. The van der Waals surface area contributed by atoms with Crippen LogP contribution in [0.3, 0.4) is 0 Å². The highest BCUT2D eigenvalue weighted by Crippen LogP contribution is 2.18. The molecule has 1 N–H and O–H groups in total. The zero-order valence-electron chi connectivity index (χ0n) is 12.4. The number of nitrogens with one attached hydrogen (secondary N) is 1. The number of halogens is 1. The van der Waals surface area contributed by atoms with Crippen LogP contribution in [0.2, 0.25) is 0 Å². The molecule has 2 rings (SSSR count). The van der Waals surface area contributed by atoms with Crippen LogP contribution in [0.4, 0.5) is 4.39 Å². The van der Waals surface area contributed by atoms with Crippen molar-refractivity contribution in [2.24, 2.45) is 0 Å². The third-order valence-electron chi connectivity index (χ3n) is 3.66. The number of carbonyl (C=O) groups excluding carboxylic acids is 1. The van der Waals surface area contributed by atoms with Crippen LogP contribution in [0.25, 0.3) is 0 Å². The van der Waals surface area contributed by atoms with Crippen LogP contribution in [0.1, 0.15) is 36.8 Å². The normalized spacial score (nSPS) is 17.9. The highest BCUT2D eigenvalue weighted by Gasteiger charge is 2.16. The Morgan fingerprint density at radius 2 is 2.33 bits per heavy atom. The van der Waals surface area contributed by atoms with E-state index in [-0.39, 0.29) is 17.8 Å². The van der Waals surface area contributed by atoms with Crippen molar-refractivity contribution < 1.29 is 13.9 Å². The number of thioether (sulfide) groups is 1. The molecule has 1 saturated heterocycles. The number of benzene rings is 1. The van der Waals surface area contributed by atoms with Gasteiger partial charge in [0.15, 0.2) is 0 Å². The Kier molecular flexibility index (Phi) is 6.51. The molecule has 1 aliphatic rings. The van der Waals surface area contributed by atoms with Crippen molar-refractivity contribution in [2.45, 2.75) is 44.1 Å². The van der Waals surface area contributed by atoms with Gasteiger partial charge in [0.25, 0.3) is 0 Å². The number of rotatable bonds is 7. The smallest absolute Gasteiger partial charge is 0.220 e. The molecule has 0 spiro atoms. The lowest BCUT2D eigenvalue weighted by molar-refractivity contribution is -0.121. The van der Waals surface area contributed by atoms with E-state index in [0.29, 0.717) is 13.0 Å². The summed E-state index contributed by atoms with van der Waals surface area (Å²) < 4.78 is 18.8. The fourth-order valence-electron chi connectivity index (χ4n) is 2.50. The summed E-state index contributed by atoms with van der Waals surface area (Å²) in [6, 6.07) is 4.74. The molecule has 5 heteroatoms. The maximum absolute atomic E-state index is 13.3. The largest absolute Gasteiger partial charge is 0.378 e. The second-order valence-electron chi connectivity index (χ2n) is 5.30. The minimum absolute atomic E-state index is 0.0323. The zero-order valence-corrected chi connectivity index (χ0v) is 13.2. The molecule has 1 amide bonds. The molecular weight excluding hydrogens is 289 g/mol. The molecule has 0 unspecified atom stereocenters. The van der Waals surface area contributed by atoms with E-state index in [1.165, 1.54) is 6.07 Å². The van der Waals surface area contributed by atoms with Gasteiger partial charge in [-0.25, -0.2) is 4.39 Å². The molecule has 1 atom stereocenters. The van der Waals surface area contributed by atoms with Gasteiger partial charge >= 0.3 is 0 Å². The van der Waals surface area contributed by atoms with Crippen molar-refractivity contribution in [1.29, 1.82) is 0 Å². The van der Waals surface area contributed by atoms with Crippen molar-refractivity contribution in [1.82, 2.24) is 5.32 Å². The summed E-state index contributed by atoms with van der Waals surface area (Å²) >= 11 is 1.64. The van der Waals surface area contributed by atoms with E-state index >= 15 is 0 Å². The Morgan fingerprint density at radius 3 is 3.05 bits per heavy atom. The van der Waals surface area contributed by atoms with Gasteiger partial charge in [-0.15, -0.1) is 0 Å². The Morgan fingerprint density at radius 1 is 1.48 bits per heavy atom. The highest BCUT2D eigenvalue weighted by atomic mass is 32.2. The maximum atomic E-state index is 13.3. The topological polar surface area (TPSA) is 38.3 Å². The maximum Gasteiger partial charge on any atom is 0.220 e. The lowest BCUT2D eigenvalue weighted by atomic mass is 10.1. The second kappa shape index (κ2) is 8.39. The van der Waals surface area contributed by atoms with Crippen LogP contribution in [0.5, 0.6) is 0 Å². The van der Waals surface area contributed by atoms with Crippen molar-refractivity contribution in [3.8, 4) is 0 Å². The first-order valence-corrected chi connectivity index (χ1v) is 8.73. The lowest BCUT2D eigenvalue weighted by Crippen LogP contribution is -2.24. The quantitative estimate of drug-likeness (QED) is 0.840. The standard InChI is InChI=1S/C16H22FNO2S/c1-21-11-13-9-14(17)5-4-12(13)10-18-16(19)7-6-15-3-2-8-20-15/h4-5,9,15H,2-3,6-8,10-11H2,1H3,(H,18,19)/t15-/m1/s1. The molecular formula is C16H22FNO2S. The molecule has 1 fully saturated rings. The number of hydrogen-bond acceptors (Lipinski definition) is 3. The van der Waals surface area contributed by atoms with Gasteiger partial charge < -0.3 is 10.1 Å². The Labute approximate surface area is 129 Å². The van der Waals surface area contributed by atoms with Crippen molar-refractivity contribution >= 4 is 17.7 Å². The van der Waals surface area contributed by atoms with Gasteiger partial charge in [-0.1, -0.05) is 6.07 Å². The van der Waals surface area contributed by atoms with E-state index in [0.717, 1.165) is 42.7 Å². The molecule has 0 radical (unpaired) electrons. The Bertz CT molecular complexity index is 475. The van der Waals surface area contributed by atoms with Gasteiger partial charge in [-0.2, -0.15) is 11.8 Å². The Hall–Kier alpha value is -1.07. The third kappa shape index (κ3) is 5.32. The number of hydrogen-bond donors (Lipinski definition) is 1. The van der Waals surface area contributed by atoms with Gasteiger partial charge in [-0.3, -0.25) is 4.79 Å². The summed E-state index contributed by atoms with van der Waals surface area (Å²) in [6.07, 6.45) is 5.66. The summed E-state index contributed by atoms with van der Waals surface area (Å²) in [4.78, 5) is 11.9. The predicted molar refractivity (Wildman–Crippen MR) is 83.7 cm³/mol. The Balaban J connectivity index is 1.80. The molecule has 1 aromatic rings. The molecule has 1 aromatic carbocycles. The van der Waals surface area contributed by atoms with Gasteiger partial charge in [0, 0.05) is 25.3 Å². The van der Waals surface area contributed by atoms with E-state index in [1.54, 1.807) is 23.9 Å².